The van der Waals surface area contributed by atoms with Crippen LogP contribution in [-0.2, 0) is 13.0 Å². The van der Waals surface area contributed by atoms with Gasteiger partial charge in [-0.05, 0) is 41.8 Å². The van der Waals surface area contributed by atoms with Crippen molar-refractivity contribution in [2.45, 2.75) is 13.0 Å². The van der Waals surface area contributed by atoms with Crippen LogP contribution < -0.4 is 19.5 Å². The molecule has 2 aromatic carbocycles. The predicted octanol–water partition coefficient (Wildman–Crippen LogP) is 3.41. The van der Waals surface area contributed by atoms with Gasteiger partial charge < -0.3 is 24.4 Å². The van der Waals surface area contributed by atoms with Crippen molar-refractivity contribution in [3.63, 3.8) is 0 Å². The van der Waals surface area contributed by atoms with E-state index in [2.05, 4.69) is 20.1 Å². The third kappa shape index (κ3) is 7.36. The SMILES string of the molecule is CN=C(NCCc1cccc(F)c1)N1CCN(Cc2cc(OC)c(OC)c(OC)c2)CC1.I. The molecule has 0 radical (unpaired) electrons. The van der Waals surface area contributed by atoms with Gasteiger partial charge in [0.15, 0.2) is 17.5 Å². The minimum atomic E-state index is -0.199. The molecule has 33 heavy (non-hydrogen) atoms. The van der Waals surface area contributed by atoms with Crippen LogP contribution in [0.4, 0.5) is 4.39 Å². The van der Waals surface area contributed by atoms with Crippen LogP contribution in [0.15, 0.2) is 41.4 Å². The van der Waals surface area contributed by atoms with Crippen molar-refractivity contribution in [2.75, 3.05) is 61.1 Å². The first-order valence-electron chi connectivity index (χ1n) is 10.8. The maximum Gasteiger partial charge on any atom is 0.203 e. The molecule has 1 aliphatic heterocycles. The van der Waals surface area contributed by atoms with Gasteiger partial charge in [-0.3, -0.25) is 9.89 Å². The number of methoxy groups -OCH3 is 3. The molecule has 1 fully saturated rings. The summed E-state index contributed by atoms with van der Waals surface area (Å²) in [5, 5.41) is 3.40. The Bertz CT molecular complexity index is 895. The number of ether oxygens (including phenoxy) is 3. The molecule has 0 spiro atoms. The summed E-state index contributed by atoms with van der Waals surface area (Å²) >= 11 is 0. The Kier molecular flexibility index (Phi) is 11.0. The highest BCUT2D eigenvalue weighted by Crippen LogP contribution is 2.38. The number of aliphatic imine (C=N–C) groups is 1. The van der Waals surface area contributed by atoms with E-state index in [-0.39, 0.29) is 29.8 Å². The molecule has 0 amide bonds. The molecule has 3 rings (SSSR count). The lowest BCUT2D eigenvalue weighted by Gasteiger charge is -2.36. The first kappa shape index (κ1) is 27.0. The van der Waals surface area contributed by atoms with Crippen molar-refractivity contribution in [2.24, 2.45) is 4.99 Å². The maximum absolute atomic E-state index is 13.3. The molecule has 7 nitrogen and oxygen atoms in total. The molecule has 0 aliphatic carbocycles. The van der Waals surface area contributed by atoms with Gasteiger partial charge in [-0.15, -0.1) is 24.0 Å². The van der Waals surface area contributed by atoms with E-state index in [9.17, 15) is 4.39 Å². The highest BCUT2D eigenvalue weighted by molar-refractivity contribution is 14.0. The summed E-state index contributed by atoms with van der Waals surface area (Å²) < 4.78 is 29.7. The molecule has 2 aromatic rings. The summed E-state index contributed by atoms with van der Waals surface area (Å²) in [6.45, 7) is 5.11. The Labute approximate surface area is 212 Å². The highest BCUT2D eigenvalue weighted by Gasteiger charge is 2.21. The number of nitrogens with zero attached hydrogens (tertiary/aromatic N) is 3. The summed E-state index contributed by atoms with van der Waals surface area (Å²) in [5.74, 6) is 2.63. The zero-order valence-corrected chi connectivity index (χ0v) is 22.1. The largest absolute Gasteiger partial charge is 0.493 e. The molecule has 0 saturated carbocycles. The van der Waals surface area contributed by atoms with Crippen LogP contribution in [0.1, 0.15) is 11.1 Å². The molecular formula is C24H34FIN4O3. The average Bonchev–Trinajstić information content (AvgIpc) is 2.82. The van der Waals surface area contributed by atoms with E-state index in [4.69, 9.17) is 14.2 Å². The summed E-state index contributed by atoms with van der Waals surface area (Å²) in [6.07, 6.45) is 0.748. The minimum Gasteiger partial charge on any atom is -0.493 e. The van der Waals surface area contributed by atoms with Crippen LogP contribution in [0.3, 0.4) is 0 Å². The fourth-order valence-corrected chi connectivity index (χ4v) is 3.95. The molecule has 0 atom stereocenters. The Morgan fingerprint density at radius 1 is 0.970 bits per heavy atom. The van der Waals surface area contributed by atoms with E-state index in [1.165, 1.54) is 6.07 Å². The minimum absolute atomic E-state index is 0. The summed E-state index contributed by atoms with van der Waals surface area (Å²) in [6, 6.07) is 10.7. The third-order valence-corrected chi connectivity index (χ3v) is 5.60. The van der Waals surface area contributed by atoms with Crippen LogP contribution in [-0.4, -0.2) is 76.9 Å². The van der Waals surface area contributed by atoms with Gasteiger partial charge in [-0.2, -0.15) is 0 Å². The van der Waals surface area contributed by atoms with Crippen molar-refractivity contribution in [1.29, 1.82) is 0 Å². The van der Waals surface area contributed by atoms with Gasteiger partial charge in [-0.1, -0.05) is 12.1 Å². The fourth-order valence-electron chi connectivity index (χ4n) is 3.95. The molecule has 0 unspecified atom stereocenters. The number of nitrogens with one attached hydrogen (secondary N) is 1. The summed E-state index contributed by atoms with van der Waals surface area (Å²) in [4.78, 5) is 9.09. The number of hydrogen-bond acceptors (Lipinski definition) is 5. The fraction of sp³-hybridized carbons (Fsp3) is 0.458. The number of benzene rings is 2. The van der Waals surface area contributed by atoms with E-state index in [0.717, 1.165) is 56.2 Å². The second kappa shape index (κ2) is 13.4. The van der Waals surface area contributed by atoms with Gasteiger partial charge >= 0.3 is 0 Å². The van der Waals surface area contributed by atoms with Gasteiger partial charge in [0, 0.05) is 46.3 Å². The predicted molar refractivity (Wildman–Crippen MR) is 140 cm³/mol. The Morgan fingerprint density at radius 2 is 1.64 bits per heavy atom. The van der Waals surface area contributed by atoms with E-state index >= 15 is 0 Å². The lowest BCUT2D eigenvalue weighted by Crippen LogP contribution is -2.52. The number of hydrogen-bond donors (Lipinski definition) is 1. The van der Waals surface area contributed by atoms with E-state index in [1.54, 1.807) is 40.5 Å². The molecule has 1 heterocycles. The normalized spacial score (nSPS) is 14.5. The molecule has 0 bridgehead atoms. The second-order valence-electron chi connectivity index (χ2n) is 7.65. The third-order valence-electron chi connectivity index (χ3n) is 5.60. The van der Waals surface area contributed by atoms with Crippen molar-refractivity contribution in [1.82, 2.24) is 15.1 Å². The molecule has 0 aromatic heterocycles. The van der Waals surface area contributed by atoms with E-state index < -0.39 is 0 Å². The molecule has 1 N–H and O–H groups in total. The molecule has 1 saturated heterocycles. The number of rotatable bonds is 8. The Morgan fingerprint density at radius 3 is 2.18 bits per heavy atom. The average molecular weight is 572 g/mol. The number of guanidine groups is 1. The molecule has 9 heteroatoms. The first-order valence-corrected chi connectivity index (χ1v) is 10.8. The van der Waals surface area contributed by atoms with E-state index in [0.29, 0.717) is 23.8 Å². The van der Waals surface area contributed by atoms with Crippen molar-refractivity contribution in [3.05, 3.63) is 53.3 Å². The van der Waals surface area contributed by atoms with E-state index in [1.807, 2.05) is 18.2 Å². The van der Waals surface area contributed by atoms with Gasteiger partial charge in [0.1, 0.15) is 5.82 Å². The monoisotopic (exact) mass is 572 g/mol. The van der Waals surface area contributed by atoms with Crippen LogP contribution in [0.5, 0.6) is 17.2 Å². The zero-order valence-electron chi connectivity index (χ0n) is 19.8. The van der Waals surface area contributed by atoms with Gasteiger partial charge in [0.05, 0.1) is 21.3 Å². The molecule has 182 valence electrons. The Balaban J connectivity index is 0.00000385. The first-order chi connectivity index (χ1) is 15.6. The van der Waals surface area contributed by atoms with Crippen LogP contribution in [0, 0.1) is 5.82 Å². The Hall–Kier alpha value is -2.27. The van der Waals surface area contributed by atoms with Crippen molar-refractivity contribution < 1.29 is 18.6 Å². The summed E-state index contributed by atoms with van der Waals surface area (Å²) in [5.41, 5.74) is 2.09. The lowest BCUT2D eigenvalue weighted by molar-refractivity contribution is 0.172. The van der Waals surface area contributed by atoms with Crippen LogP contribution in [0.25, 0.3) is 0 Å². The van der Waals surface area contributed by atoms with Crippen molar-refractivity contribution >= 4 is 29.9 Å². The van der Waals surface area contributed by atoms with Crippen LogP contribution in [0.2, 0.25) is 0 Å². The smallest absolute Gasteiger partial charge is 0.203 e. The second-order valence-corrected chi connectivity index (χ2v) is 7.65. The van der Waals surface area contributed by atoms with Gasteiger partial charge in [-0.25, -0.2) is 4.39 Å². The van der Waals surface area contributed by atoms with Crippen LogP contribution >= 0.6 is 24.0 Å². The van der Waals surface area contributed by atoms with Gasteiger partial charge in [0.2, 0.25) is 5.75 Å². The standard InChI is InChI=1S/C24H33FN4O3.HI/c1-26-24(27-9-8-18-6-5-7-20(25)14-18)29-12-10-28(11-13-29)17-19-15-21(30-2)23(32-4)22(16-19)31-3;/h5-7,14-16H,8-13,17H2,1-4H3,(H,26,27);1H. The van der Waals surface area contributed by atoms with Crippen molar-refractivity contribution in [3.8, 4) is 17.2 Å². The number of piperazine rings is 1. The zero-order chi connectivity index (χ0) is 22.9. The topological polar surface area (TPSA) is 58.6 Å². The molecular weight excluding hydrogens is 538 g/mol. The highest BCUT2D eigenvalue weighted by atomic mass is 127. The quantitative estimate of drug-likeness (QED) is 0.298. The number of halogens is 2. The molecule has 1 aliphatic rings. The lowest BCUT2D eigenvalue weighted by atomic mass is 10.1. The summed E-state index contributed by atoms with van der Waals surface area (Å²) in [7, 11) is 6.67. The van der Waals surface area contributed by atoms with Gasteiger partial charge in [0.25, 0.3) is 0 Å². The maximum atomic E-state index is 13.3.